The Hall–Kier alpha value is 0.120. The molecule has 0 spiro atoms. The van der Waals surface area contributed by atoms with Gasteiger partial charge in [-0.1, -0.05) is 0 Å². The molecule has 0 aliphatic heterocycles. The van der Waals surface area contributed by atoms with Gasteiger partial charge in [0, 0.05) is 7.11 Å². The second-order valence-corrected chi connectivity index (χ2v) is 4.26. The minimum atomic E-state index is -0.297. The monoisotopic (exact) mass is 360 g/mol. The van der Waals surface area contributed by atoms with E-state index in [1.54, 1.807) is 6.07 Å². The third-order valence-corrected chi connectivity index (χ3v) is 2.76. The quantitative estimate of drug-likeness (QED) is 0.468. The van der Waals surface area contributed by atoms with Crippen molar-refractivity contribution in [3.05, 3.63) is 26.0 Å². The van der Waals surface area contributed by atoms with Crippen LogP contribution in [-0.4, -0.2) is 13.9 Å². The van der Waals surface area contributed by atoms with Crippen molar-refractivity contribution in [2.75, 3.05) is 13.9 Å². The summed E-state index contributed by atoms with van der Waals surface area (Å²) in [5, 5.41) is 0. The van der Waals surface area contributed by atoms with Crippen LogP contribution in [0, 0.1) is 9.39 Å². The molecule has 0 aromatic heterocycles. The minimum absolute atomic E-state index is 0.161. The van der Waals surface area contributed by atoms with E-state index in [9.17, 15) is 4.39 Å². The Morgan fingerprint density at radius 3 is 2.85 bits per heavy atom. The minimum Gasteiger partial charge on any atom is -0.466 e. The Morgan fingerprint density at radius 2 is 2.23 bits per heavy atom. The Bertz CT molecular complexity index is 306. The zero-order valence-electron chi connectivity index (χ0n) is 6.81. The van der Waals surface area contributed by atoms with Crippen molar-refractivity contribution in [3.8, 4) is 5.75 Å². The van der Waals surface area contributed by atoms with Crippen molar-refractivity contribution < 1.29 is 13.9 Å². The molecule has 0 aliphatic carbocycles. The highest BCUT2D eigenvalue weighted by molar-refractivity contribution is 14.1. The van der Waals surface area contributed by atoms with E-state index in [0.29, 0.717) is 10.2 Å². The van der Waals surface area contributed by atoms with Crippen LogP contribution in [0.3, 0.4) is 0 Å². The average molecular weight is 361 g/mol. The largest absolute Gasteiger partial charge is 0.466 e. The van der Waals surface area contributed by atoms with Crippen LogP contribution in [0.1, 0.15) is 0 Å². The molecule has 0 fully saturated rings. The van der Waals surface area contributed by atoms with E-state index < -0.39 is 0 Å². The van der Waals surface area contributed by atoms with E-state index in [2.05, 4.69) is 15.9 Å². The van der Waals surface area contributed by atoms with Gasteiger partial charge in [0.15, 0.2) is 6.79 Å². The first-order chi connectivity index (χ1) is 6.15. The van der Waals surface area contributed by atoms with E-state index in [-0.39, 0.29) is 12.6 Å². The summed E-state index contributed by atoms with van der Waals surface area (Å²) in [5.74, 6) is 0.310. The highest BCUT2D eigenvalue weighted by atomic mass is 127. The molecule has 13 heavy (non-hydrogen) atoms. The number of hydrogen-bond donors (Lipinski definition) is 0. The summed E-state index contributed by atoms with van der Waals surface area (Å²) >= 11 is 5.07. The fourth-order valence-corrected chi connectivity index (χ4v) is 1.64. The lowest BCUT2D eigenvalue weighted by Crippen LogP contribution is -2.00. The summed E-state index contributed by atoms with van der Waals surface area (Å²) in [7, 11) is 1.53. The number of halogens is 3. The Labute approximate surface area is 97.7 Å². The van der Waals surface area contributed by atoms with Gasteiger partial charge in [0.25, 0.3) is 0 Å². The van der Waals surface area contributed by atoms with Crippen LogP contribution >= 0.6 is 38.5 Å². The summed E-state index contributed by atoms with van der Waals surface area (Å²) in [5.41, 5.74) is 0. The Balaban J connectivity index is 2.88. The van der Waals surface area contributed by atoms with Gasteiger partial charge < -0.3 is 9.47 Å². The second kappa shape index (κ2) is 5.11. The van der Waals surface area contributed by atoms with Gasteiger partial charge in [-0.25, -0.2) is 4.39 Å². The molecule has 1 rings (SSSR count). The highest BCUT2D eigenvalue weighted by Crippen LogP contribution is 2.27. The summed E-state index contributed by atoms with van der Waals surface area (Å²) in [6, 6.07) is 2.98. The lowest BCUT2D eigenvalue weighted by molar-refractivity contribution is 0.0504. The van der Waals surface area contributed by atoms with Crippen LogP contribution in [-0.2, 0) is 4.74 Å². The molecule has 2 nitrogen and oxygen atoms in total. The molecule has 0 heterocycles. The van der Waals surface area contributed by atoms with Gasteiger partial charge in [-0.3, -0.25) is 0 Å². The van der Waals surface area contributed by atoms with Crippen molar-refractivity contribution in [1.82, 2.24) is 0 Å². The number of methoxy groups -OCH3 is 1. The third-order valence-electron chi connectivity index (χ3n) is 1.31. The number of ether oxygens (including phenoxy) is 2. The average Bonchev–Trinajstić information content (AvgIpc) is 2.09. The topological polar surface area (TPSA) is 18.5 Å². The van der Waals surface area contributed by atoms with E-state index in [1.807, 2.05) is 22.6 Å². The van der Waals surface area contributed by atoms with Crippen LogP contribution in [0.2, 0.25) is 0 Å². The standard InChI is InChI=1S/C8H7BrFIO2/c1-12-4-13-8-2-5(9)6(10)3-7(8)11/h2-3H,4H2,1H3. The van der Waals surface area contributed by atoms with Gasteiger partial charge >= 0.3 is 0 Å². The first-order valence-corrected chi connectivity index (χ1v) is 5.28. The fraction of sp³-hybridized carbons (Fsp3) is 0.250. The van der Waals surface area contributed by atoms with Crippen LogP contribution < -0.4 is 4.74 Å². The highest BCUT2D eigenvalue weighted by Gasteiger charge is 2.06. The number of rotatable bonds is 3. The van der Waals surface area contributed by atoms with E-state index in [1.165, 1.54) is 13.2 Å². The SMILES string of the molecule is COCOc1cc(Br)c(F)cc1I. The van der Waals surface area contributed by atoms with Crippen molar-refractivity contribution >= 4 is 38.5 Å². The molecule has 72 valence electrons. The van der Waals surface area contributed by atoms with Crippen LogP contribution in [0.5, 0.6) is 5.75 Å². The van der Waals surface area contributed by atoms with Crippen molar-refractivity contribution in [3.63, 3.8) is 0 Å². The molecule has 0 saturated heterocycles. The van der Waals surface area contributed by atoms with Crippen LogP contribution in [0.25, 0.3) is 0 Å². The number of benzene rings is 1. The summed E-state index contributed by atoms with van der Waals surface area (Å²) in [4.78, 5) is 0. The van der Waals surface area contributed by atoms with Gasteiger partial charge in [0.1, 0.15) is 11.6 Å². The van der Waals surface area contributed by atoms with Gasteiger partial charge in [-0.2, -0.15) is 0 Å². The lowest BCUT2D eigenvalue weighted by Gasteiger charge is -2.07. The molecular weight excluding hydrogens is 354 g/mol. The molecule has 0 atom stereocenters. The molecule has 0 amide bonds. The zero-order chi connectivity index (χ0) is 9.84. The molecule has 0 unspecified atom stereocenters. The summed E-state index contributed by atoms with van der Waals surface area (Å²) in [6.07, 6.45) is 0. The molecular formula is C8H7BrFIO2. The maximum atomic E-state index is 12.9. The van der Waals surface area contributed by atoms with Gasteiger partial charge in [-0.15, -0.1) is 0 Å². The van der Waals surface area contributed by atoms with Crippen molar-refractivity contribution in [2.45, 2.75) is 0 Å². The molecule has 0 saturated carbocycles. The molecule has 1 aromatic carbocycles. The maximum absolute atomic E-state index is 12.9. The summed E-state index contributed by atoms with van der Waals surface area (Å²) in [6.45, 7) is 0.161. The van der Waals surface area contributed by atoms with Gasteiger partial charge in [0.05, 0.1) is 8.04 Å². The molecule has 5 heteroatoms. The van der Waals surface area contributed by atoms with Crippen molar-refractivity contribution in [1.29, 1.82) is 0 Å². The number of hydrogen-bond acceptors (Lipinski definition) is 2. The normalized spacial score (nSPS) is 10.2. The lowest BCUT2D eigenvalue weighted by atomic mass is 10.3. The molecule has 1 aromatic rings. The second-order valence-electron chi connectivity index (χ2n) is 2.25. The van der Waals surface area contributed by atoms with Crippen LogP contribution in [0.15, 0.2) is 16.6 Å². The molecule has 0 aliphatic rings. The molecule has 0 N–H and O–H groups in total. The third kappa shape index (κ3) is 3.07. The zero-order valence-corrected chi connectivity index (χ0v) is 10.6. The van der Waals surface area contributed by atoms with Crippen molar-refractivity contribution in [2.24, 2.45) is 0 Å². The first kappa shape index (κ1) is 11.2. The maximum Gasteiger partial charge on any atom is 0.188 e. The Kier molecular flexibility index (Phi) is 4.40. The smallest absolute Gasteiger partial charge is 0.188 e. The predicted octanol–water partition coefficient (Wildman–Crippen LogP) is 3.18. The van der Waals surface area contributed by atoms with Gasteiger partial charge in [-0.05, 0) is 50.7 Å². The fourth-order valence-electron chi connectivity index (χ4n) is 0.737. The van der Waals surface area contributed by atoms with Crippen LogP contribution in [0.4, 0.5) is 4.39 Å². The Morgan fingerprint density at radius 1 is 1.54 bits per heavy atom. The predicted molar refractivity (Wildman–Crippen MR) is 59.3 cm³/mol. The van der Waals surface area contributed by atoms with E-state index in [4.69, 9.17) is 9.47 Å². The molecule has 0 radical (unpaired) electrons. The summed E-state index contributed by atoms with van der Waals surface area (Å²) < 4.78 is 24.0. The van der Waals surface area contributed by atoms with Gasteiger partial charge in [0.2, 0.25) is 0 Å². The molecule has 0 bridgehead atoms. The van der Waals surface area contributed by atoms with E-state index in [0.717, 1.165) is 3.57 Å². The van der Waals surface area contributed by atoms with E-state index >= 15 is 0 Å². The first-order valence-electron chi connectivity index (χ1n) is 3.41.